The number of hydrogen-bond acceptors (Lipinski definition) is 5. The van der Waals surface area contributed by atoms with Crippen molar-refractivity contribution >= 4 is 37.6 Å². The molecule has 118 valence electrons. The fraction of sp³-hybridized carbons (Fsp3) is 0.462. The molecule has 0 fully saturated rings. The summed E-state index contributed by atoms with van der Waals surface area (Å²) in [5, 5.41) is 0. The molecule has 6 nitrogen and oxygen atoms in total. The zero-order valence-electron chi connectivity index (χ0n) is 12.2. The summed E-state index contributed by atoms with van der Waals surface area (Å²) in [4.78, 5) is 11.6. The van der Waals surface area contributed by atoms with Crippen LogP contribution < -0.4 is 5.73 Å². The normalized spacial score (nSPS) is 11.7. The van der Waals surface area contributed by atoms with E-state index in [1.165, 1.54) is 6.07 Å². The number of aryl methyl sites for hydroxylation is 1. The summed E-state index contributed by atoms with van der Waals surface area (Å²) in [6, 6.07) is 3.03. The van der Waals surface area contributed by atoms with E-state index in [0.29, 0.717) is 15.7 Å². The van der Waals surface area contributed by atoms with Gasteiger partial charge in [-0.25, -0.2) is 8.42 Å². The number of esters is 1. The minimum Gasteiger partial charge on any atom is -0.465 e. The Bertz CT molecular complexity index is 631. The predicted molar refractivity (Wildman–Crippen MR) is 84.4 cm³/mol. The van der Waals surface area contributed by atoms with E-state index in [0.717, 1.165) is 4.31 Å². The molecule has 0 radical (unpaired) electrons. The van der Waals surface area contributed by atoms with Gasteiger partial charge in [0.2, 0.25) is 10.0 Å². The lowest BCUT2D eigenvalue weighted by atomic mass is 10.2. The van der Waals surface area contributed by atoms with Crippen molar-refractivity contribution in [2.45, 2.75) is 25.7 Å². The zero-order valence-corrected chi connectivity index (χ0v) is 14.6. The molecule has 0 saturated heterocycles. The van der Waals surface area contributed by atoms with Crippen LogP contribution in [0.15, 0.2) is 21.5 Å². The third-order valence-electron chi connectivity index (χ3n) is 2.88. The molecule has 0 bridgehead atoms. The number of carbonyl (C=O) groups is 1. The smallest absolute Gasteiger partial charge is 0.321 e. The zero-order chi connectivity index (χ0) is 16.2. The molecule has 2 N–H and O–H groups in total. The first-order valence-corrected chi connectivity index (χ1v) is 8.68. The topological polar surface area (TPSA) is 89.7 Å². The second kappa shape index (κ2) is 7.24. The Morgan fingerprint density at radius 1 is 1.38 bits per heavy atom. The van der Waals surface area contributed by atoms with Crippen LogP contribution in [-0.2, 0) is 19.6 Å². The molecule has 0 aliphatic rings. The van der Waals surface area contributed by atoms with Crippen molar-refractivity contribution in [2.24, 2.45) is 0 Å². The number of likely N-dealkylation sites (N-methyl/N-ethyl adjacent to an activating group) is 1. The third-order valence-corrected chi connectivity index (χ3v) is 5.63. The molecule has 8 heteroatoms. The molecule has 0 amide bonds. The van der Waals surface area contributed by atoms with Gasteiger partial charge in [0, 0.05) is 16.7 Å². The maximum Gasteiger partial charge on any atom is 0.321 e. The first kappa shape index (κ1) is 17.9. The van der Waals surface area contributed by atoms with Gasteiger partial charge in [-0.3, -0.25) is 4.79 Å². The lowest BCUT2D eigenvalue weighted by Crippen LogP contribution is -2.36. The highest BCUT2D eigenvalue weighted by Crippen LogP contribution is 2.28. The lowest BCUT2D eigenvalue weighted by Gasteiger charge is -2.21. The summed E-state index contributed by atoms with van der Waals surface area (Å²) < 4.78 is 31.8. The summed E-state index contributed by atoms with van der Waals surface area (Å²) in [5.41, 5.74) is 6.63. The van der Waals surface area contributed by atoms with Gasteiger partial charge in [-0.2, -0.15) is 4.31 Å². The molecule has 1 aromatic carbocycles. The highest BCUT2D eigenvalue weighted by molar-refractivity contribution is 9.10. The highest BCUT2D eigenvalue weighted by atomic mass is 79.9. The van der Waals surface area contributed by atoms with Crippen LogP contribution >= 0.6 is 15.9 Å². The number of benzene rings is 1. The molecule has 0 aliphatic carbocycles. The van der Waals surface area contributed by atoms with Crippen LogP contribution in [-0.4, -0.2) is 38.4 Å². The van der Waals surface area contributed by atoms with E-state index in [9.17, 15) is 13.2 Å². The van der Waals surface area contributed by atoms with Crippen LogP contribution in [0.5, 0.6) is 0 Å². The van der Waals surface area contributed by atoms with Crippen molar-refractivity contribution in [1.82, 2.24) is 4.31 Å². The molecule has 1 rings (SSSR count). The Morgan fingerprint density at radius 2 is 2.00 bits per heavy atom. The standard InChI is InChI=1S/C13H19BrN2O4S/c1-4-16(8-13(17)20-5-2)21(18,19)12-7-11(15)10(14)6-9(12)3/h6-7H,4-5,8,15H2,1-3H3. The van der Waals surface area contributed by atoms with E-state index in [1.807, 2.05) is 0 Å². The highest BCUT2D eigenvalue weighted by Gasteiger charge is 2.27. The van der Waals surface area contributed by atoms with Crippen LogP contribution in [0.1, 0.15) is 19.4 Å². The number of carbonyl (C=O) groups excluding carboxylic acids is 1. The van der Waals surface area contributed by atoms with Crippen LogP contribution in [0.25, 0.3) is 0 Å². The molecule has 0 unspecified atom stereocenters. The average Bonchev–Trinajstić information content (AvgIpc) is 2.40. The number of sulfonamides is 1. The lowest BCUT2D eigenvalue weighted by molar-refractivity contribution is -0.143. The number of rotatable bonds is 6. The molecule has 1 aromatic rings. The third kappa shape index (κ3) is 4.18. The Hall–Kier alpha value is -1.12. The van der Waals surface area contributed by atoms with Gasteiger partial charge in [-0.05, 0) is 47.5 Å². The molecule has 0 atom stereocenters. The van der Waals surface area contributed by atoms with Gasteiger partial charge >= 0.3 is 5.97 Å². The molecule has 0 aromatic heterocycles. The van der Waals surface area contributed by atoms with Gasteiger partial charge in [0.1, 0.15) is 6.54 Å². The number of nitrogens with two attached hydrogens (primary N) is 1. The predicted octanol–water partition coefficient (Wildman–Crippen LogP) is 1.91. The fourth-order valence-electron chi connectivity index (χ4n) is 1.80. The van der Waals surface area contributed by atoms with Crippen LogP contribution in [0.2, 0.25) is 0 Å². The number of halogens is 1. The van der Waals surface area contributed by atoms with Crippen molar-refractivity contribution in [3.05, 3.63) is 22.2 Å². The molecule has 21 heavy (non-hydrogen) atoms. The van der Waals surface area contributed by atoms with E-state index in [1.54, 1.807) is 26.8 Å². The molecule has 0 saturated carbocycles. The molecule has 0 heterocycles. The Morgan fingerprint density at radius 3 is 2.52 bits per heavy atom. The molecule has 0 aliphatic heterocycles. The quantitative estimate of drug-likeness (QED) is 0.603. The van der Waals surface area contributed by atoms with Crippen LogP contribution in [0.3, 0.4) is 0 Å². The Labute approximate surface area is 133 Å². The van der Waals surface area contributed by atoms with Gasteiger partial charge < -0.3 is 10.5 Å². The van der Waals surface area contributed by atoms with Gasteiger partial charge in [0.25, 0.3) is 0 Å². The van der Waals surface area contributed by atoms with Crippen molar-refractivity contribution in [3.63, 3.8) is 0 Å². The van der Waals surface area contributed by atoms with Crippen molar-refractivity contribution in [1.29, 1.82) is 0 Å². The maximum absolute atomic E-state index is 12.6. The summed E-state index contributed by atoms with van der Waals surface area (Å²) in [7, 11) is -3.80. The number of hydrogen-bond donors (Lipinski definition) is 1. The van der Waals surface area contributed by atoms with Gasteiger partial charge in [-0.1, -0.05) is 6.92 Å². The summed E-state index contributed by atoms with van der Waals surface area (Å²) in [6.07, 6.45) is 0. The van der Waals surface area contributed by atoms with Crippen LogP contribution in [0.4, 0.5) is 5.69 Å². The van der Waals surface area contributed by atoms with E-state index in [4.69, 9.17) is 10.5 Å². The van der Waals surface area contributed by atoms with E-state index in [-0.39, 0.29) is 24.6 Å². The average molecular weight is 379 g/mol. The van der Waals surface area contributed by atoms with Crippen molar-refractivity contribution in [2.75, 3.05) is 25.4 Å². The van der Waals surface area contributed by atoms with E-state index < -0.39 is 16.0 Å². The van der Waals surface area contributed by atoms with Crippen molar-refractivity contribution < 1.29 is 17.9 Å². The minimum absolute atomic E-state index is 0.0920. The minimum atomic E-state index is -3.80. The Balaban J connectivity index is 3.19. The Kier molecular flexibility index (Phi) is 6.18. The number of nitrogen functional groups attached to an aromatic ring is 1. The van der Waals surface area contributed by atoms with E-state index >= 15 is 0 Å². The van der Waals surface area contributed by atoms with Gasteiger partial charge in [0.15, 0.2) is 0 Å². The molecule has 0 spiro atoms. The SMILES string of the molecule is CCOC(=O)CN(CC)S(=O)(=O)c1cc(N)c(Br)cc1C. The molecular weight excluding hydrogens is 360 g/mol. The summed E-state index contributed by atoms with van der Waals surface area (Å²) in [6.45, 7) is 5.06. The largest absolute Gasteiger partial charge is 0.465 e. The van der Waals surface area contributed by atoms with Gasteiger partial charge in [0.05, 0.1) is 11.5 Å². The number of ether oxygens (including phenoxy) is 1. The molecular formula is C13H19BrN2O4S. The number of nitrogens with zero attached hydrogens (tertiary/aromatic N) is 1. The second-order valence-electron chi connectivity index (χ2n) is 4.38. The first-order valence-electron chi connectivity index (χ1n) is 6.45. The maximum atomic E-state index is 12.6. The van der Waals surface area contributed by atoms with Crippen LogP contribution in [0, 0.1) is 6.92 Å². The van der Waals surface area contributed by atoms with Gasteiger partial charge in [-0.15, -0.1) is 0 Å². The monoisotopic (exact) mass is 378 g/mol. The van der Waals surface area contributed by atoms with Crippen molar-refractivity contribution in [3.8, 4) is 0 Å². The fourth-order valence-corrected chi connectivity index (χ4v) is 3.90. The summed E-state index contributed by atoms with van der Waals surface area (Å²) >= 11 is 3.25. The first-order chi connectivity index (χ1) is 9.73. The summed E-state index contributed by atoms with van der Waals surface area (Å²) in [5.74, 6) is -0.578. The second-order valence-corrected chi connectivity index (χ2v) is 7.14. The van der Waals surface area contributed by atoms with E-state index in [2.05, 4.69) is 15.9 Å². The number of anilines is 1.